The Morgan fingerprint density at radius 3 is 2.21 bits per heavy atom. The molecule has 6 heteroatoms. The van der Waals surface area contributed by atoms with E-state index in [9.17, 15) is 4.79 Å². The lowest BCUT2D eigenvalue weighted by atomic mass is 10.2. The topological polar surface area (TPSA) is 55.1 Å². The molecule has 0 saturated carbocycles. The minimum atomic E-state index is -0.201. The lowest BCUT2D eigenvalue weighted by Gasteiger charge is -2.10. The molecule has 0 aliphatic rings. The van der Waals surface area contributed by atoms with Gasteiger partial charge in [-0.15, -0.1) is 0 Å². The molecule has 98 valence electrons. The Hall–Kier alpha value is -0.850. The third-order valence-electron chi connectivity index (χ3n) is 2.46. The predicted octanol–water partition coefficient (Wildman–Crippen LogP) is 4.81. The molecule has 0 radical (unpaired) electrons. The van der Waals surface area contributed by atoms with Gasteiger partial charge in [-0.25, -0.2) is 0 Å². The van der Waals surface area contributed by atoms with E-state index < -0.39 is 0 Å². The smallest absolute Gasteiger partial charge is 0.255 e. The standard InChI is InChI=1S/C13H9Br3N2O/c14-8-2-1-3-9(15)12(8)18-13(19)7-4-5-11(17)10(16)6-7/h1-6H,17H2,(H,18,19). The summed E-state index contributed by atoms with van der Waals surface area (Å²) in [5.41, 5.74) is 7.52. The molecule has 0 heterocycles. The second-order valence-electron chi connectivity index (χ2n) is 3.79. The van der Waals surface area contributed by atoms with Crippen LogP contribution in [0.5, 0.6) is 0 Å². The van der Waals surface area contributed by atoms with E-state index in [1.54, 1.807) is 18.2 Å². The Morgan fingerprint density at radius 2 is 1.63 bits per heavy atom. The quantitative estimate of drug-likeness (QED) is 0.648. The zero-order valence-corrected chi connectivity index (χ0v) is 14.3. The maximum absolute atomic E-state index is 12.2. The molecule has 0 spiro atoms. The lowest BCUT2D eigenvalue weighted by Crippen LogP contribution is -2.13. The number of hydrogen-bond acceptors (Lipinski definition) is 2. The number of benzene rings is 2. The van der Waals surface area contributed by atoms with Crippen LogP contribution in [0.1, 0.15) is 10.4 Å². The molecule has 0 bridgehead atoms. The Kier molecular flexibility index (Phi) is 4.65. The Labute approximate surface area is 136 Å². The van der Waals surface area contributed by atoms with Crippen molar-refractivity contribution in [3.63, 3.8) is 0 Å². The lowest BCUT2D eigenvalue weighted by molar-refractivity contribution is 0.102. The van der Waals surface area contributed by atoms with Crippen molar-refractivity contribution in [1.82, 2.24) is 0 Å². The van der Waals surface area contributed by atoms with Gasteiger partial charge in [0, 0.05) is 24.7 Å². The van der Waals surface area contributed by atoms with Crippen LogP contribution in [0.3, 0.4) is 0 Å². The van der Waals surface area contributed by atoms with Gasteiger partial charge in [0.25, 0.3) is 5.91 Å². The molecular formula is C13H9Br3N2O. The fourth-order valence-corrected chi connectivity index (χ4v) is 3.05. The number of amides is 1. The van der Waals surface area contributed by atoms with Crippen LogP contribution in [-0.2, 0) is 0 Å². The van der Waals surface area contributed by atoms with Crippen LogP contribution in [0.25, 0.3) is 0 Å². The van der Waals surface area contributed by atoms with Crippen molar-refractivity contribution in [2.24, 2.45) is 0 Å². The van der Waals surface area contributed by atoms with E-state index in [0.717, 1.165) is 8.95 Å². The van der Waals surface area contributed by atoms with E-state index in [2.05, 4.69) is 53.1 Å². The van der Waals surface area contributed by atoms with E-state index in [0.29, 0.717) is 21.4 Å². The molecule has 3 N–H and O–H groups in total. The van der Waals surface area contributed by atoms with Gasteiger partial charge in [0.15, 0.2) is 0 Å². The van der Waals surface area contributed by atoms with Gasteiger partial charge in [-0.1, -0.05) is 6.07 Å². The highest BCUT2D eigenvalue weighted by Gasteiger charge is 2.11. The number of nitrogen functional groups attached to an aromatic ring is 1. The molecule has 0 fully saturated rings. The summed E-state index contributed by atoms with van der Waals surface area (Å²) in [6, 6.07) is 10.7. The third kappa shape index (κ3) is 3.38. The number of carbonyl (C=O) groups excluding carboxylic acids is 1. The highest BCUT2D eigenvalue weighted by Crippen LogP contribution is 2.31. The summed E-state index contributed by atoms with van der Waals surface area (Å²) in [4.78, 5) is 12.2. The Morgan fingerprint density at radius 1 is 1.00 bits per heavy atom. The van der Waals surface area contributed by atoms with Crippen molar-refractivity contribution in [3.8, 4) is 0 Å². The number of halogens is 3. The number of anilines is 2. The van der Waals surface area contributed by atoms with Gasteiger partial charge in [0.05, 0.1) is 5.69 Å². The molecule has 2 rings (SSSR count). The SMILES string of the molecule is Nc1ccc(C(=O)Nc2c(Br)cccc2Br)cc1Br. The van der Waals surface area contributed by atoms with Crippen molar-refractivity contribution in [2.75, 3.05) is 11.1 Å². The summed E-state index contributed by atoms with van der Waals surface area (Å²) in [5.74, 6) is -0.201. The van der Waals surface area contributed by atoms with E-state index in [4.69, 9.17) is 5.73 Å². The van der Waals surface area contributed by atoms with E-state index in [-0.39, 0.29) is 5.91 Å². The average molecular weight is 449 g/mol. The van der Waals surface area contributed by atoms with Gasteiger partial charge in [-0.3, -0.25) is 4.79 Å². The van der Waals surface area contributed by atoms with Crippen LogP contribution in [0.4, 0.5) is 11.4 Å². The predicted molar refractivity (Wildman–Crippen MR) is 88.3 cm³/mol. The molecule has 3 nitrogen and oxygen atoms in total. The summed E-state index contributed by atoms with van der Waals surface area (Å²) in [6.07, 6.45) is 0. The molecular weight excluding hydrogens is 440 g/mol. The van der Waals surface area contributed by atoms with Crippen LogP contribution < -0.4 is 11.1 Å². The Balaban J connectivity index is 2.28. The monoisotopic (exact) mass is 446 g/mol. The zero-order chi connectivity index (χ0) is 14.0. The number of carbonyl (C=O) groups is 1. The fourth-order valence-electron chi connectivity index (χ4n) is 1.47. The van der Waals surface area contributed by atoms with E-state index in [1.165, 1.54) is 0 Å². The van der Waals surface area contributed by atoms with Gasteiger partial charge < -0.3 is 11.1 Å². The third-order valence-corrected chi connectivity index (χ3v) is 4.47. The molecule has 0 aromatic heterocycles. The van der Waals surface area contributed by atoms with Crippen LogP contribution in [0, 0.1) is 0 Å². The van der Waals surface area contributed by atoms with Gasteiger partial charge in [-0.2, -0.15) is 0 Å². The van der Waals surface area contributed by atoms with Crippen molar-refractivity contribution in [1.29, 1.82) is 0 Å². The number of para-hydroxylation sites is 1. The second kappa shape index (κ2) is 6.07. The molecule has 19 heavy (non-hydrogen) atoms. The first-order chi connectivity index (χ1) is 8.99. The summed E-state index contributed by atoms with van der Waals surface area (Å²) in [7, 11) is 0. The number of nitrogens with one attached hydrogen (secondary N) is 1. The fraction of sp³-hybridized carbons (Fsp3) is 0. The molecule has 2 aromatic rings. The highest BCUT2D eigenvalue weighted by atomic mass is 79.9. The first-order valence-electron chi connectivity index (χ1n) is 5.29. The maximum atomic E-state index is 12.2. The number of rotatable bonds is 2. The van der Waals surface area contributed by atoms with Gasteiger partial charge >= 0.3 is 0 Å². The average Bonchev–Trinajstić information content (AvgIpc) is 2.37. The van der Waals surface area contributed by atoms with Crippen molar-refractivity contribution in [3.05, 3.63) is 55.4 Å². The van der Waals surface area contributed by atoms with Crippen LogP contribution >= 0.6 is 47.8 Å². The summed E-state index contributed by atoms with van der Waals surface area (Å²) in [6.45, 7) is 0. The van der Waals surface area contributed by atoms with Crippen LogP contribution in [-0.4, -0.2) is 5.91 Å². The summed E-state index contributed by atoms with van der Waals surface area (Å²) < 4.78 is 2.32. The highest BCUT2D eigenvalue weighted by molar-refractivity contribution is 9.11. The minimum Gasteiger partial charge on any atom is -0.398 e. The number of hydrogen-bond donors (Lipinski definition) is 2. The van der Waals surface area contributed by atoms with E-state index >= 15 is 0 Å². The molecule has 0 unspecified atom stereocenters. The minimum absolute atomic E-state index is 0.201. The first-order valence-corrected chi connectivity index (χ1v) is 7.67. The van der Waals surface area contributed by atoms with Crippen LogP contribution in [0.2, 0.25) is 0 Å². The largest absolute Gasteiger partial charge is 0.398 e. The van der Waals surface area contributed by atoms with Crippen molar-refractivity contribution < 1.29 is 4.79 Å². The molecule has 2 aromatic carbocycles. The van der Waals surface area contributed by atoms with Crippen molar-refractivity contribution >= 4 is 65.1 Å². The first kappa shape index (κ1) is 14.6. The maximum Gasteiger partial charge on any atom is 0.255 e. The molecule has 0 aliphatic heterocycles. The second-order valence-corrected chi connectivity index (χ2v) is 6.35. The van der Waals surface area contributed by atoms with Crippen LogP contribution in [0.15, 0.2) is 49.8 Å². The Bertz CT molecular complexity index is 624. The normalized spacial score (nSPS) is 10.3. The zero-order valence-electron chi connectivity index (χ0n) is 9.58. The van der Waals surface area contributed by atoms with Gasteiger partial charge in [0.1, 0.15) is 0 Å². The van der Waals surface area contributed by atoms with Crippen molar-refractivity contribution in [2.45, 2.75) is 0 Å². The number of nitrogens with two attached hydrogens (primary N) is 1. The molecule has 0 atom stereocenters. The molecule has 0 aliphatic carbocycles. The summed E-state index contributed by atoms with van der Waals surface area (Å²) >= 11 is 10.1. The van der Waals surface area contributed by atoms with Gasteiger partial charge in [0.2, 0.25) is 0 Å². The van der Waals surface area contributed by atoms with E-state index in [1.807, 2.05) is 18.2 Å². The van der Waals surface area contributed by atoms with Gasteiger partial charge in [-0.05, 0) is 78.1 Å². The summed E-state index contributed by atoms with van der Waals surface area (Å²) in [5, 5.41) is 2.85. The molecule has 1 amide bonds. The molecule has 0 saturated heterocycles.